The summed E-state index contributed by atoms with van der Waals surface area (Å²) in [6.45, 7) is 1.38. The number of para-hydroxylation sites is 1. The first kappa shape index (κ1) is 25.9. The van der Waals surface area contributed by atoms with Gasteiger partial charge < -0.3 is 5.32 Å². The second-order valence-electron chi connectivity index (χ2n) is 7.96. The first-order valence-corrected chi connectivity index (χ1v) is 12.1. The van der Waals surface area contributed by atoms with E-state index in [2.05, 4.69) is 20.0 Å². The van der Waals surface area contributed by atoms with Gasteiger partial charge in [0.15, 0.2) is 11.1 Å². The van der Waals surface area contributed by atoms with E-state index in [-0.39, 0.29) is 21.5 Å². The van der Waals surface area contributed by atoms with Gasteiger partial charge in [-0.1, -0.05) is 12.1 Å². The third-order valence-corrected chi connectivity index (χ3v) is 6.83. The molecule has 0 unspecified atom stereocenters. The number of nitrogens with zero attached hydrogens (tertiary/aromatic N) is 1. The lowest BCUT2D eigenvalue weighted by Gasteiger charge is -2.18. The van der Waals surface area contributed by atoms with Crippen molar-refractivity contribution < 1.29 is 40.1 Å². The topological polar surface area (TPSA) is 102 Å². The SMILES string of the molecule is C[C@@H](NC(=O)c1ccc(C(F)(F)F)cc1NS(=O)(=O)c1cccc2ncc[nH+]c12)c1ccc(F)cc1F. The third-order valence-electron chi connectivity index (χ3n) is 5.42. The Morgan fingerprint density at radius 3 is 2.51 bits per heavy atom. The van der Waals surface area contributed by atoms with Crippen molar-refractivity contribution in [3.05, 3.63) is 95.3 Å². The molecule has 0 aliphatic heterocycles. The van der Waals surface area contributed by atoms with E-state index in [1.165, 1.54) is 37.5 Å². The van der Waals surface area contributed by atoms with Crippen molar-refractivity contribution in [3.8, 4) is 0 Å². The molecule has 192 valence electrons. The molecule has 0 radical (unpaired) electrons. The summed E-state index contributed by atoms with van der Waals surface area (Å²) >= 11 is 0. The Morgan fingerprint density at radius 1 is 1.05 bits per heavy atom. The molecular weight excluding hydrogens is 519 g/mol. The number of sulfonamides is 1. The molecule has 4 aromatic rings. The number of fused-ring (bicyclic) bond motifs is 1. The predicted octanol–water partition coefficient (Wildman–Crippen LogP) is 4.64. The fourth-order valence-corrected chi connectivity index (χ4v) is 4.90. The van der Waals surface area contributed by atoms with Crippen LogP contribution >= 0.6 is 0 Å². The van der Waals surface area contributed by atoms with Crippen molar-refractivity contribution >= 4 is 32.7 Å². The van der Waals surface area contributed by atoms with Crippen LogP contribution in [0.4, 0.5) is 27.6 Å². The Balaban J connectivity index is 1.73. The number of aromatic nitrogens is 2. The summed E-state index contributed by atoms with van der Waals surface area (Å²) in [5.74, 6) is -2.77. The van der Waals surface area contributed by atoms with Crippen LogP contribution in [-0.2, 0) is 16.2 Å². The van der Waals surface area contributed by atoms with Crippen LogP contribution in [0.25, 0.3) is 11.0 Å². The molecule has 0 saturated carbocycles. The maximum absolute atomic E-state index is 14.1. The summed E-state index contributed by atoms with van der Waals surface area (Å²) in [7, 11) is -4.52. The maximum atomic E-state index is 14.1. The number of carbonyl (C=O) groups excluding carboxylic acids is 1. The number of carbonyl (C=O) groups is 1. The van der Waals surface area contributed by atoms with E-state index in [0.717, 1.165) is 18.2 Å². The van der Waals surface area contributed by atoms with Gasteiger partial charge in [0.25, 0.3) is 15.9 Å². The molecule has 37 heavy (non-hydrogen) atoms. The van der Waals surface area contributed by atoms with Gasteiger partial charge in [-0.05, 0) is 43.3 Å². The zero-order valence-electron chi connectivity index (χ0n) is 18.9. The van der Waals surface area contributed by atoms with Gasteiger partial charge in [-0.15, -0.1) is 0 Å². The number of rotatable bonds is 6. The molecule has 3 N–H and O–H groups in total. The van der Waals surface area contributed by atoms with Crippen molar-refractivity contribution in [2.75, 3.05) is 4.72 Å². The van der Waals surface area contributed by atoms with Crippen LogP contribution in [0, 0.1) is 11.6 Å². The van der Waals surface area contributed by atoms with Gasteiger partial charge >= 0.3 is 6.18 Å². The van der Waals surface area contributed by atoms with Crippen LogP contribution in [0.1, 0.15) is 34.5 Å². The summed E-state index contributed by atoms with van der Waals surface area (Å²) < 4.78 is 96.1. The van der Waals surface area contributed by atoms with Gasteiger partial charge in [0.1, 0.15) is 17.2 Å². The minimum Gasteiger partial charge on any atom is -0.345 e. The van der Waals surface area contributed by atoms with E-state index in [0.29, 0.717) is 18.2 Å². The Hall–Kier alpha value is -4.13. The number of aromatic amines is 1. The number of halogens is 5. The molecule has 4 rings (SSSR count). The second-order valence-corrected chi connectivity index (χ2v) is 9.61. The average Bonchev–Trinajstić information content (AvgIpc) is 2.82. The number of H-pyrrole nitrogens is 1. The van der Waals surface area contributed by atoms with Crippen LogP contribution in [0.2, 0.25) is 0 Å². The van der Waals surface area contributed by atoms with E-state index in [4.69, 9.17) is 0 Å². The zero-order valence-corrected chi connectivity index (χ0v) is 19.7. The molecule has 7 nitrogen and oxygen atoms in total. The summed E-state index contributed by atoms with van der Waals surface area (Å²) in [6.07, 6.45) is -2.07. The third kappa shape index (κ3) is 5.50. The Kier molecular flexibility index (Phi) is 6.82. The highest BCUT2D eigenvalue weighted by molar-refractivity contribution is 7.93. The maximum Gasteiger partial charge on any atom is 0.416 e. The molecule has 0 aliphatic carbocycles. The molecule has 13 heteroatoms. The number of nitrogens with one attached hydrogen (secondary N) is 3. The zero-order chi connectivity index (χ0) is 27.0. The fraction of sp³-hybridized carbons (Fsp3) is 0.125. The van der Waals surface area contributed by atoms with Crippen molar-refractivity contribution in [2.45, 2.75) is 24.0 Å². The molecule has 0 spiro atoms. The van der Waals surface area contributed by atoms with Crippen molar-refractivity contribution in [3.63, 3.8) is 0 Å². The first-order valence-electron chi connectivity index (χ1n) is 10.6. The number of hydrogen-bond donors (Lipinski definition) is 2. The minimum atomic E-state index is -4.84. The van der Waals surface area contributed by atoms with Crippen LogP contribution in [0.15, 0.2) is 71.9 Å². The largest absolute Gasteiger partial charge is 0.416 e. The summed E-state index contributed by atoms with van der Waals surface area (Å²) in [4.78, 5) is 19.4. The molecule has 1 aromatic heterocycles. The van der Waals surface area contributed by atoms with Crippen molar-refractivity contribution in [2.24, 2.45) is 0 Å². The molecule has 0 saturated heterocycles. The number of anilines is 1. The standard InChI is InChI=1S/C24H17F5N4O3S/c1-13(16-8-6-15(25)12-18(16)26)32-23(34)17-7-5-14(24(27,28)29)11-20(17)33-37(35,36)21-4-2-3-19-22(21)31-10-9-30-19/h2-13,33H,1H3,(H,32,34)/p+1/t13-/m1/s1. The van der Waals surface area contributed by atoms with Crippen LogP contribution in [0.3, 0.4) is 0 Å². The van der Waals surface area contributed by atoms with E-state index < -0.39 is 56.6 Å². The van der Waals surface area contributed by atoms with Crippen molar-refractivity contribution in [1.82, 2.24) is 10.3 Å². The van der Waals surface area contributed by atoms with Gasteiger partial charge in [0.05, 0.1) is 29.1 Å². The van der Waals surface area contributed by atoms with E-state index >= 15 is 0 Å². The molecule has 0 bridgehead atoms. The van der Waals surface area contributed by atoms with Crippen LogP contribution in [0.5, 0.6) is 0 Å². The number of alkyl halides is 3. The molecule has 1 atom stereocenters. The minimum absolute atomic E-state index is 0.0809. The lowest BCUT2D eigenvalue weighted by atomic mass is 10.1. The highest BCUT2D eigenvalue weighted by atomic mass is 32.2. The molecule has 1 amide bonds. The lowest BCUT2D eigenvalue weighted by molar-refractivity contribution is -0.347. The van der Waals surface area contributed by atoms with Gasteiger partial charge in [-0.25, -0.2) is 27.2 Å². The highest BCUT2D eigenvalue weighted by Gasteiger charge is 2.33. The van der Waals surface area contributed by atoms with E-state index in [9.17, 15) is 35.2 Å². The number of amides is 1. The van der Waals surface area contributed by atoms with Crippen LogP contribution in [-0.4, -0.2) is 19.3 Å². The Labute approximate surface area is 207 Å². The van der Waals surface area contributed by atoms with Gasteiger partial charge in [-0.2, -0.15) is 13.2 Å². The Bertz CT molecular complexity index is 1600. The lowest BCUT2D eigenvalue weighted by Crippen LogP contribution is -2.29. The fourth-order valence-electron chi connectivity index (χ4n) is 3.64. The monoisotopic (exact) mass is 537 g/mol. The number of hydrogen-bond acceptors (Lipinski definition) is 4. The highest BCUT2D eigenvalue weighted by Crippen LogP contribution is 2.33. The first-order chi connectivity index (χ1) is 17.4. The van der Waals surface area contributed by atoms with Gasteiger partial charge in [-0.3, -0.25) is 9.52 Å². The quantitative estimate of drug-likeness (QED) is 0.350. The van der Waals surface area contributed by atoms with E-state index in [1.807, 2.05) is 0 Å². The van der Waals surface area contributed by atoms with Crippen molar-refractivity contribution in [1.29, 1.82) is 0 Å². The average molecular weight is 537 g/mol. The summed E-state index contributed by atoms with van der Waals surface area (Å²) in [6, 6.07) is 7.74. The molecule has 0 aliphatic rings. The smallest absolute Gasteiger partial charge is 0.345 e. The van der Waals surface area contributed by atoms with E-state index in [1.54, 1.807) is 0 Å². The summed E-state index contributed by atoms with van der Waals surface area (Å²) in [5, 5.41) is 2.39. The number of benzene rings is 3. The molecule has 1 heterocycles. The van der Waals surface area contributed by atoms with Crippen LogP contribution < -0.4 is 15.0 Å². The molecule has 3 aromatic carbocycles. The summed E-state index contributed by atoms with van der Waals surface area (Å²) in [5.41, 5.74) is -2.01. The normalized spacial score (nSPS) is 12.8. The second kappa shape index (κ2) is 9.73. The molecule has 0 fully saturated rings. The Morgan fingerprint density at radius 2 is 1.81 bits per heavy atom. The predicted molar refractivity (Wildman–Crippen MR) is 123 cm³/mol. The van der Waals surface area contributed by atoms with Gasteiger partial charge in [0, 0.05) is 11.6 Å². The van der Waals surface area contributed by atoms with Gasteiger partial charge in [0.2, 0.25) is 5.52 Å². The molecular formula is C24H18F5N4O3S+.